The Morgan fingerprint density at radius 3 is 1.39 bits per heavy atom. The van der Waals surface area contributed by atoms with Crippen LogP contribution in [0.2, 0.25) is 0 Å². The normalized spacial score (nSPS) is 13.2. The van der Waals surface area contributed by atoms with E-state index in [-0.39, 0.29) is 0 Å². The lowest BCUT2D eigenvalue weighted by molar-refractivity contribution is 0.896. The number of allylic oxidation sites excluding steroid dienone is 9. The zero-order valence-electron chi connectivity index (χ0n) is 16.3. The van der Waals surface area contributed by atoms with Gasteiger partial charge in [0.2, 0.25) is 0 Å². The van der Waals surface area contributed by atoms with Gasteiger partial charge in [0.05, 0.1) is 0 Å². The summed E-state index contributed by atoms with van der Waals surface area (Å²) in [6, 6.07) is 0. The van der Waals surface area contributed by atoms with Crippen LogP contribution in [0.5, 0.6) is 0 Å². The van der Waals surface area contributed by atoms with Crippen LogP contribution in [0.3, 0.4) is 0 Å². The molecule has 23 heavy (non-hydrogen) atoms. The highest BCUT2D eigenvalue weighted by molar-refractivity contribution is 5.06. The van der Waals surface area contributed by atoms with Gasteiger partial charge in [0.1, 0.15) is 0 Å². The van der Waals surface area contributed by atoms with E-state index in [1.165, 1.54) is 60.8 Å². The fraction of sp³-hybridized carbons (Fsp3) is 0.565. The fourth-order valence-corrected chi connectivity index (χ4v) is 2.43. The molecule has 0 unspecified atom stereocenters. The minimum atomic E-state index is 1.09. The number of hydrogen-bond donors (Lipinski definition) is 0. The summed E-state index contributed by atoms with van der Waals surface area (Å²) in [5.41, 5.74) is 5.96. The van der Waals surface area contributed by atoms with Crippen LogP contribution in [-0.2, 0) is 0 Å². The molecule has 0 aromatic rings. The molecule has 0 saturated carbocycles. The summed E-state index contributed by atoms with van der Waals surface area (Å²) in [7, 11) is 0. The van der Waals surface area contributed by atoms with Crippen LogP contribution in [0.25, 0.3) is 0 Å². The molecular formula is C23H38. The average Bonchev–Trinajstić information content (AvgIpc) is 2.49. The van der Waals surface area contributed by atoms with E-state index in [4.69, 9.17) is 0 Å². The smallest absolute Gasteiger partial charge is 0.0288 e. The van der Waals surface area contributed by atoms with Gasteiger partial charge in [-0.15, -0.1) is 6.58 Å². The summed E-state index contributed by atoms with van der Waals surface area (Å²) in [5, 5.41) is 0. The molecule has 0 aliphatic heterocycles. The van der Waals surface area contributed by atoms with Gasteiger partial charge in [0, 0.05) is 0 Å². The van der Waals surface area contributed by atoms with Crippen LogP contribution in [-0.4, -0.2) is 0 Å². The molecule has 0 amide bonds. The first-order chi connectivity index (χ1) is 11.0. The van der Waals surface area contributed by atoms with Crippen LogP contribution in [0.15, 0.2) is 59.3 Å². The molecule has 0 aromatic carbocycles. The third-order valence-corrected chi connectivity index (χ3v) is 4.02. The van der Waals surface area contributed by atoms with E-state index in [1.807, 2.05) is 6.08 Å². The van der Waals surface area contributed by atoms with Gasteiger partial charge in [0.15, 0.2) is 0 Å². The summed E-state index contributed by atoms with van der Waals surface area (Å²) >= 11 is 0. The largest absolute Gasteiger partial charge is 0.103 e. The maximum atomic E-state index is 3.78. The first-order valence-electron chi connectivity index (χ1n) is 9.16. The molecule has 0 spiro atoms. The van der Waals surface area contributed by atoms with Gasteiger partial charge in [-0.3, -0.25) is 0 Å². The third kappa shape index (κ3) is 15.4. The van der Waals surface area contributed by atoms with Gasteiger partial charge < -0.3 is 0 Å². The van der Waals surface area contributed by atoms with Gasteiger partial charge in [-0.1, -0.05) is 52.7 Å². The van der Waals surface area contributed by atoms with E-state index in [9.17, 15) is 0 Å². The second-order valence-electron chi connectivity index (χ2n) is 6.91. The Morgan fingerprint density at radius 2 is 0.957 bits per heavy atom. The molecule has 0 radical (unpaired) electrons. The lowest BCUT2D eigenvalue weighted by Gasteiger charge is -2.02. The average molecular weight is 315 g/mol. The van der Waals surface area contributed by atoms with E-state index >= 15 is 0 Å². The highest BCUT2D eigenvalue weighted by Gasteiger charge is 1.93. The van der Waals surface area contributed by atoms with Crippen molar-refractivity contribution in [3.8, 4) is 0 Å². The second kappa shape index (κ2) is 14.3. The van der Waals surface area contributed by atoms with Crippen molar-refractivity contribution < 1.29 is 0 Å². The maximum Gasteiger partial charge on any atom is -0.0288 e. The van der Waals surface area contributed by atoms with Crippen LogP contribution < -0.4 is 0 Å². The summed E-state index contributed by atoms with van der Waals surface area (Å²) in [6.07, 6.45) is 20.8. The van der Waals surface area contributed by atoms with Crippen LogP contribution in [0, 0.1) is 0 Å². The van der Waals surface area contributed by atoms with Crippen molar-refractivity contribution in [3.63, 3.8) is 0 Å². The Balaban J connectivity index is 3.94. The molecule has 0 aromatic heterocycles. The van der Waals surface area contributed by atoms with E-state index < -0.39 is 0 Å². The van der Waals surface area contributed by atoms with Crippen LogP contribution in [0.1, 0.15) is 86.0 Å². The van der Waals surface area contributed by atoms with Crippen LogP contribution in [0.4, 0.5) is 0 Å². The SMILES string of the molecule is C=CCC/C(C)=C/CC/C(C)=C/CC/C(C)=C/CCC=C(C)C. The van der Waals surface area contributed by atoms with Crippen molar-refractivity contribution in [2.45, 2.75) is 86.0 Å². The maximum absolute atomic E-state index is 3.78. The van der Waals surface area contributed by atoms with Crippen molar-refractivity contribution in [1.29, 1.82) is 0 Å². The van der Waals surface area contributed by atoms with Gasteiger partial charge in [-0.05, 0) is 86.0 Å². The molecule has 0 heteroatoms. The van der Waals surface area contributed by atoms with E-state index in [2.05, 4.69) is 65.5 Å². The molecule has 0 aliphatic carbocycles. The van der Waals surface area contributed by atoms with Crippen molar-refractivity contribution in [3.05, 3.63) is 59.3 Å². The molecule has 130 valence electrons. The summed E-state index contributed by atoms with van der Waals surface area (Å²) in [4.78, 5) is 0. The molecule has 0 atom stereocenters. The first kappa shape index (κ1) is 21.7. The van der Waals surface area contributed by atoms with E-state index in [0.29, 0.717) is 0 Å². The minimum absolute atomic E-state index is 1.09. The summed E-state index contributed by atoms with van der Waals surface area (Å²) in [5.74, 6) is 0. The van der Waals surface area contributed by atoms with Crippen molar-refractivity contribution in [2.75, 3.05) is 0 Å². The Bertz CT molecular complexity index is 437. The highest BCUT2D eigenvalue weighted by atomic mass is 14.0. The highest BCUT2D eigenvalue weighted by Crippen LogP contribution is 2.13. The van der Waals surface area contributed by atoms with E-state index in [0.717, 1.165) is 12.8 Å². The topological polar surface area (TPSA) is 0 Å². The quantitative estimate of drug-likeness (QED) is 0.252. The molecule has 0 nitrogen and oxygen atoms in total. The molecule has 0 fully saturated rings. The Hall–Kier alpha value is -1.30. The van der Waals surface area contributed by atoms with E-state index in [1.54, 1.807) is 0 Å². The predicted molar refractivity (Wildman–Crippen MR) is 108 cm³/mol. The standard InChI is InChI=1S/C23H38/c1-7-8-14-21(4)16-11-18-23(6)19-12-17-22(5)15-10-9-13-20(2)3/h7,13,15-16,19H,1,8-12,14,17-18H2,2-6H3/b21-16+,22-15+,23-19+. The fourth-order valence-electron chi connectivity index (χ4n) is 2.43. The first-order valence-corrected chi connectivity index (χ1v) is 9.16. The van der Waals surface area contributed by atoms with Gasteiger partial charge in [-0.25, -0.2) is 0 Å². The molecule has 0 heterocycles. The zero-order valence-corrected chi connectivity index (χ0v) is 16.3. The lowest BCUT2D eigenvalue weighted by Crippen LogP contribution is -1.82. The number of unbranched alkanes of at least 4 members (excludes halogenated alkanes) is 1. The molecule has 0 saturated heterocycles. The summed E-state index contributed by atoms with van der Waals surface area (Å²) < 4.78 is 0. The monoisotopic (exact) mass is 314 g/mol. The second-order valence-corrected chi connectivity index (χ2v) is 6.91. The molecule has 0 N–H and O–H groups in total. The Labute approximate surface area is 145 Å². The predicted octanol–water partition coefficient (Wildman–Crippen LogP) is 8.10. The van der Waals surface area contributed by atoms with Crippen molar-refractivity contribution >= 4 is 0 Å². The molecular weight excluding hydrogens is 276 g/mol. The van der Waals surface area contributed by atoms with Gasteiger partial charge >= 0.3 is 0 Å². The molecule has 0 rings (SSSR count). The Morgan fingerprint density at radius 1 is 0.565 bits per heavy atom. The zero-order chi connectivity index (χ0) is 17.5. The van der Waals surface area contributed by atoms with Gasteiger partial charge in [0.25, 0.3) is 0 Å². The molecule has 0 aliphatic rings. The third-order valence-electron chi connectivity index (χ3n) is 4.02. The van der Waals surface area contributed by atoms with Crippen molar-refractivity contribution in [1.82, 2.24) is 0 Å². The van der Waals surface area contributed by atoms with Crippen molar-refractivity contribution in [2.24, 2.45) is 0 Å². The number of hydrogen-bond acceptors (Lipinski definition) is 0. The van der Waals surface area contributed by atoms with Crippen LogP contribution >= 0.6 is 0 Å². The summed E-state index contributed by atoms with van der Waals surface area (Å²) in [6.45, 7) is 14.9. The Kier molecular flexibility index (Phi) is 13.5. The minimum Gasteiger partial charge on any atom is -0.103 e. The van der Waals surface area contributed by atoms with Gasteiger partial charge in [-0.2, -0.15) is 0 Å². The molecule has 0 bridgehead atoms. The number of rotatable bonds is 12. The lowest BCUT2D eigenvalue weighted by atomic mass is 10.0.